The molecule has 1 heterocycles. The highest BCUT2D eigenvalue weighted by molar-refractivity contribution is 6.39. The third-order valence-corrected chi connectivity index (χ3v) is 4.28. The van der Waals surface area contributed by atoms with Gasteiger partial charge in [-0.2, -0.15) is 0 Å². The van der Waals surface area contributed by atoms with Crippen LogP contribution in [-0.2, 0) is 4.79 Å². The summed E-state index contributed by atoms with van der Waals surface area (Å²) in [4.78, 5) is 16.7. The van der Waals surface area contributed by atoms with Crippen LogP contribution in [0.25, 0.3) is 10.9 Å². The van der Waals surface area contributed by atoms with Gasteiger partial charge in [-0.25, -0.2) is 9.78 Å². The number of carbonyl (C=O) groups excluding carboxylic acids is 1. The molecule has 0 fully saturated rings. The summed E-state index contributed by atoms with van der Waals surface area (Å²) < 4.78 is 16.4. The summed E-state index contributed by atoms with van der Waals surface area (Å²) in [5.41, 5.74) is 1.18. The zero-order valence-corrected chi connectivity index (χ0v) is 16.3. The monoisotopic (exact) mass is 405 g/mol. The third kappa shape index (κ3) is 4.43. The second-order valence-corrected chi connectivity index (χ2v) is 6.48. The molecule has 0 aliphatic heterocycles. The van der Waals surface area contributed by atoms with Crippen LogP contribution in [0.2, 0.25) is 10.0 Å². The standard InChI is InChI=1S/C20H17Cl2NO4/c1-3-25-16-6-4-5-7-17(16)26-11-18(24)27-20-15(22)10-14(21)13-9-8-12(2)23-19(13)20/h4-10H,3,11H2,1-2H3. The first-order chi connectivity index (χ1) is 13.0. The molecule has 0 bridgehead atoms. The number of para-hydroxylation sites is 2. The normalized spacial score (nSPS) is 10.7. The maximum Gasteiger partial charge on any atom is 0.349 e. The van der Waals surface area contributed by atoms with Crippen molar-refractivity contribution in [1.29, 1.82) is 0 Å². The molecule has 5 nitrogen and oxygen atoms in total. The van der Waals surface area contributed by atoms with Crippen LogP contribution < -0.4 is 14.2 Å². The fourth-order valence-corrected chi connectivity index (χ4v) is 3.07. The molecule has 0 amide bonds. The SMILES string of the molecule is CCOc1ccccc1OCC(=O)Oc1c(Cl)cc(Cl)c2ccc(C)nc12. The van der Waals surface area contributed by atoms with E-state index in [0.717, 1.165) is 5.69 Å². The molecule has 0 aliphatic carbocycles. The highest BCUT2D eigenvalue weighted by Crippen LogP contribution is 2.37. The number of aromatic nitrogens is 1. The average Bonchev–Trinajstić information content (AvgIpc) is 2.64. The molecule has 7 heteroatoms. The van der Waals surface area contributed by atoms with Crippen LogP contribution >= 0.6 is 23.2 Å². The van der Waals surface area contributed by atoms with Gasteiger partial charge in [0.15, 0.2) is 23.9 Å². The van der Waals surface area contributed by atoms with Gasteiger partial charge in [0, 0.05) is 11.1 Å². The van der Waals surface area contributed by atoms with E-state index in [2.05, 4.69) is 4.98 Å². The lowest BCUT2D eigenvalue weighted by atomic mass is 10.2. The Bertz CT molecular complexity index is 991. The molecule has 0 spiro atoms. The first-order valence-corrected chi connectivity index (χ1v) is 9.06. The molecule has 27 heavy (non-hydrogen) atoms. The summed E-state index contributed by atoms with van der Waals surface area (Å²) in [7, 11) is 0. The van der Waals surface area contributed by atoms with E-state index in [0.29, 0.717) is 34.0 Å². The Morgan fingerprint density at radius 2 is 1.74 bits per heavy atom. The summed E-state index contributed by atoms with van der Waals surface area (Å²) in [6.07, 6.45) is 0. The van der Waals surface area contributed by atoms with Gasteiger partial charge in [0.2, 0.25) is 0 Å². The molecule has 0 unspecified atom stereocenters. The highest BCUT2D eigenvalue weighted by Gasteiger charge is 2.17. The number of halogens is 2. The second-order valence-electron chi connectivity index (χ2n) is 5.66. The number of nitrogens with zero attached hydrogens (tertiary/aromatic N) is 1. The number of aryl methyl sites for hydroxylation is 1. The number of benzene rings is 2. The van der Waals surface area contributed by atoms with Crippen LogP contribution in [0.1, 0.15) is 12.6 Å². The molecule has 3 aromatic rings. The van der Waals surface area contributed by atoms with Crippen LogP contribution in [0.15, 0.2) is 42.5 Å². The minimum Gasteiger partial charge on any atom is -0.490 e. The third-order valence-electron chi connectivity index (χ3n) is 3.69. The van der Waals surface area contributed by atoms with Crippen molar-refractivity contribution < 1.29 is 19.0 Å². The average molecular weight is 406 g/mol. The number of fused-ring (bicyclic) bond motifs is 1. The Kier molecular flexibility index (Phi) is 6.04. The summed E-state index contributed by atoms with van der Waals surface area (Å²) >= 11 is 12.4. The van der Waals surface area contributed by atoms with Gasteiger partial charge in [-0.15, -0.1) is 0 Å². The maximum absolute atomic E-state index is 12.3. The van der Waals surface area contributed by atoms with Crippen LogP contribution in [0.4, 0.5) is 0 Å². The second kappa shape index (κ2) is 8.46. The summed E-state index contributed by atoms with van der Waals surface area (Å²) in [5, 5.41) is 1.29. The lowest BCUT2D eigenvalue weighted by molar-refractivity contribution is -0.136. The Morgan fingerprint density at radius 1 is 1.04 bits per heavy atom. The quantitative estimate of drug-likeness (QED) is 0.414. The molecule has 0 N–H and O–H groups in total. The number of hydrogen-bond acceptors (Lipinski definition) is 5. The molecule has 0 atom stereocenters. The zero-order chi connectivity index (χ0) is 19.4. The molecule has 0 radical (unpaired) electrons. The molecular weight excluding hydrogens is 389 g/mol. The van der Waals surface area contributed by atoms with Gasteiger partial charge in [-0.05, 0) is 44.2 Å². The van der Waals surface area contributed by atoms with Crippen molar-refractivity contribution in [1.82, 2.24) is 4.98 Å². The van der Waals surface area contributed by atoms with Crippen molar-refractivity contribution in [3.05, 3.63) is 58.2 Å². The van der Waals surface area contributed by atoms with Crippen LogP contribution in [0, 0.1) is 6.92 Å². The van der Waals surface area contributed by atoms with Gasteiger partial charge in [0.1, 0.15) is 5.52 Å². The van der Waals surface area contributed by atoms with Crippen LogP contribution in [0.3, 0.4) is 0 Å². The number of pyridine rings is 1. The first-order valence-electron chi connectivity index (χ1n) is 8.30. The van der Waals surface area contributed by atoms with Gasteiger partial charge < -0.3 is 14.2 Å². The summed E-state index contributed by atoms with van der Waals surface area (Å²) in [6, 6.07) is 12.2. The molecule has 0 saturated heterocycles. The molecule has 2 aromatic carbocycles. The molecular formula is C20H17Cl2NO4. The predicted octanol–water partition coefficient (Wildman–Crippen LogP) is 5.23. The van der Waals surface area contributed by atoms with Crippen molar-refractivity contribution in [3.8, 4) is 17.2 Å². The Morgan fingerprint density at radius 3 is 2.44 bits per heavy atom. The fraction of sp³-hybridized carbons (Fsp3) is 0.200. The summed E-state index contributed by atoms with van der Waals surface area (Å²) in [6.45, 7) is 3.87. The van der Waals surface area contributed by atoms with Crippen molar-refractivity contribution >= 4 is 40.1 Å². The van der Waals surface area contributed by atoms with E-state index >= 15 is 0 Å². The van der Waals surface area contributed by atoms with Crippen molar-refractivity contribution in [2.24, 2.45) is 0 Å². The minimum absolute atomic E-state index is 0.159. The lowest BCUT2D eigenvalue weighted by Crippen LogP contribution is -2.18. The summed E-state index contributed by atoms with van der Waals surface area (Å²) in [5.74, 6) is 0.555. The molecule has 140 valence electrons. The number of rotatable bonds is 6. The van der Waals surface area contributed by atoms with Gasteiger partial charge >= 0.3 is 5.97 Å². The first kappa shape index (κ1) is 19.3. The van der Waals surface area contributed by atoms with Gasteiger partial charge in [-0.3, -0.25) is 0 Å². The smallest absolute Gasteiger partial charge is 0.349 e. The fourth-order valence-electron chi connectivity index (χ4n) is 2.51. The van der Waals surface area contributed by atoms with Gasteiger partial charge in [-0.1, -0.05) is 35.3 Å². The van der Waals surface area contributed by atoms with E-state index in [4.69, 9.17) is 37.4 Å². The number of hydrogen-bond donors (Lipinski definition) is 0. The van der Waals surface area contributed by atoms with Gasteiger partial charge in [0.25, 0.3) is 0 Å². The molecule has 0 aliphatic rings. The number of esters is 1. The van der Waals surface area contributed by atoms with E-state index in [-0.39, 0.29) is 17.4 Å². The maximum atomic E-state index is 12.3. The predicted molar refractivity (Wildman–Crippen MR) is 105 cm³/mol. The van der Waals surface area contributed by atoms with Crippen molar-refractivity contribution in [2.45, 2.75) is 13.8 Å². The Hall–Kier alpha value is -2.50. The van der Waals surface area contributed by atoms with Crippen molar-refractivity contribution in [2.75, 3.05) is 13.2 Å². The number of ether oxygens (including phenoxy) is 3. The Balaban J connectivity index is 1.80. The highest BCUT2D eigenvalue weighted by atomic mass is 35.5. The van der Waals surface area contributed by atoms with E-state index in [1.54, 1.807) is 18.2 Å². The minimum atomic E-state index is -0.616. The number of carbonyl (C=O) groups is 1. The van der Waals surface area contributed by atoms with E-state index in [9.17, 15) is 4.79 Å². The van der Waals surface area contributed by atoms with E-state index < -0.39 is 5.97 Å². The largest absolute Gasteiger partial charge is 0.490 e. The molecule has 1 aromatic heterocycles. The van der Waals surface area contributed by atoms with Gasteiger partial charge in [0.05, 0.1) is 16.7 Å². The van der Waals surface area contributed by atoms with E-state index in [1.165, 1.54) is 6.07 Å². The topological polar surface area (TPSA) is 57.7 Å². The lowest BCUT2D eigenvalue weighted by Gasteiger charge is -2.13. The molecule has 3 rings (SSSR count). The van der Waals surface area contributed by atoms with Crippen molar-refractivity contribution in [3.63, 3.8) is 0 Å². The Labute approximate surface area is 166 Å². The zero-order valence-electron chi connectivity index (χ0n) is 14.8. The van der Waals surface area contributed by atoms with Crippen LogP contribution in [0.5, 0.6) is 17.2 Å². The molecule has 0 saturated carbocycles. The van der Waals surface area contributed by atoms with Crippen LogP contribution in [-0.4, -0.2) is 24.2 Å². The van der Waals surface area contributed by atoms with E-state index in [1.807, 2.05) is 32.0 Å².